The SMILES string of the molecule is C[C@@H]1CN(CN2C(=O)C(=O)c3c(Br)cccc32)C[C@H](C)O1. The van der Waals surface area contributed by atoms with Crippen LogP contribution in [0.2, 0.25) is 0 Å². The molecule has 0 radical (unpaired) electrons. The van der Waals surface area contributed by atoms with Crippen molar-refractivity contribution in [1.82, 2.24) is 4.90 Å². The average Bonchev–Trinajstić information content (AvgIpc) is 2.64. The molecule has 112 valence electrons. The summed E-state index contributed by atoms with van der Waals surface area (Å²) in [6, 6.07) is 5.44. The van der Waals surface area contributed by atoms with Gasteiger partial charge in [0.15, 0.2) is 0 Å². The monoisotopic (exact) mass is 352 g/mol. The number of hydrogen-bond acceptors (Lipinski definition) is 4. The molecule has 1 fully saturated rings. The average molecular weight is 353 g/mol. The summed E-state index contributed by atoms with van der Waals surface area (Å²) in [5.74, 6) is -0.893. The van der Waals surface area contributed by atoms with Crippen molar-refractivity contribution in [2.45, 2.75) is 26.1 Å². The van der Waals surface area contributed by atoms with Gasteiger partial charge in [0.2, 0.25) is 0 Å². The maximum atomic E-state index is 12.2. The first-order valence-corrected chi connectivity index (χ1v) is 7.79. The zero-order valence-corrected chi connectivity index (χ0v) is 13.6. The number of halogens is 1. The Labute approximate surface area is 132 Å². The maximum Gasteiger partial charge on any atom is 0.300 e. The number of carbonyl (C=O) groups excluding carboxylic acids is 2. The number of Topliss-reactive ketones (excluding diaryl/α,β-unsaturated/α-hetero) is 1. The first kappa shape index (κ1) is 14.7. The molecule has 21 heavy (non-hydrogen) atoms. The van der Waals surface area contributed by atoms with E-state index >= 15 is 0 Å². The summed E-state index contributed by atoms with van der Waals surface area (Å²) in [6.45, 7) is 5.97. The van der Waals surface area contributed by atoms with Gasteiger partial charge in [0.05, 0.1) is 30.1 Å². The summed E-state index contributed by atoms with van der Waals surface area (Å²) in [5.41, 5.74) is 1.16. The summed E-state index contributed by atoms with van der Waals surface area (Å²) in [4.78, 5) is 28.1. The molecule has 2 atom stereocenters. The van der Waals surface area contributed by atoms with Crippen molar-refractivity contribution in [2.24, 2.45) is 0 Å². The lowest BCUT2D eigenvalue weighted by Gasteiger charge is -2.37. The third kappa shape index (κ3) is 2.63. The summed E-state index contributed by atoms with van der Waals surface area (Å²) in [6.07, 6.45) is 0.258. The molecule has 0 unspecified atom stereocenters. The van der Waals surface area contributed by atoms with E-state index in [1.54, 1.807) is 11.0 Å². The highest BCUT2D eigenvalue weighted by Crippen LogP contribution is 2.34. The van der Waals surface area contributed by atoms with Crippen molar-refractivity contribution in [1.29, 1.82) is 0 Å². The third-order valence-corrected chi connectivity index (χ3v) is 4.45. The number of hydrogen-bond donors (Lipinski definition) is 0. The molecule has 1 amide bonds. The van der Waals surface area contributed by atoms with Crippen LogP contribution >= 0.6 is 15.9 Å². The highest BCUT2D eigenvalue weighted by atomic mass is 79.9. The van der Waals surface area contributed by atoms with E-state index < -0.39 is 11.7 Å². The number of ketones is 1. The Morgan fingerprint density at radius 2 is 1.90 bits per heavy atom. The second-order valence-corrected chi connectivity index (χ2v) is 6.49. The van der Waals surface area contributed by atoms with Crippen LogP contribution in [0.5, 0.6) is 0 Å². The fraction of sp³-hybridized carbons (Fsp3) is 0.467. The van der Waals surface area contributed by atoms with Gasteiger partial charge in [0.1, 0.15) is 0 Å². The Hall–Kier alpha value is -1.24. The summed E-state index contributed by atoms with van der Waals surface area (Å²) in [5, 5.41) is 0. The van der Waals surface area contributed by atoms with Crippen molar-refractivity contribution < 1.29 is 14.3 Å². The Bertz CT molecular complexity index is 595. The zero-order chi connectivity index (χ0) is 15.1. The van der Waals surface area contributed by atoms with Gasteiger partial charge < -0.3 is 4.74 Å². The number of carbonyl (C=O) groups is 2. The van der Waals surface area contributed by atoms with Gasteiger partial charge in [-0.1, -0.05) is 6.07 Å². The van der Waals surface area contributed by atoms with Crippen LogP contribution in [0, 0.1) is 0 Å². The number of rotatable bonds is 2. The summed E-state index contributed by atoms with van der Waals surface area (Å²) < 4.78 is 6.37. The number of ether oxygens (including phenoxy) is 1. The lowest BCUT2D eigenvalue weighted by atomic mass is 10.1. The van der Waals surface area contributed by atoms with E-state index in [1.165, 1.54) is 0 Å². The molecule has 0 N–H and O–H groups in total. The van der Waals surface area contributed by atoms with Gasteiger partial charge in [-0.2, -0.15) is 0 Å². The van der Waals surface area contributed by atoms with Gasteiger partial charge in [0, 0.05) is 17.6 Å². The van der Waals surface area contributed by atoms with Crippen molar-refractivity contribution >= 4 is 33.3 Å². The lowest BCUT2D eigenvalue weighted by Crippen LogP contribution is -2.50. The Balaban J connectivity index is 1.85. The quantitative estimate of drug-likeness (QED) is 0.764. The van der Waals surface area contributed by atoms with Crippen LogP contribution in [-0.2, 0) is 9.53 Å². The number of fused-ring (bicyclic) bond motifs is 1. The van der Waals surface area contributed by atoms with Crippen molar-refractivity contribution in [2.75, 3.05) is 24.7 Å². The second-order valence-electron chi connectivity index (χ2n) is 5.63. The minimum Gasteiger partial charge on any atom is -0.373 e. The second kappa shape index (κ2) is 5.51. The van der Waals surface area contributed by atoms with Crippen LogP contribution < -0.4 is 4.90 Å². The van der Waals surface area contributed by atoms with E-state index in [-0.39, 0.29) is 12.2 Å². The third-order valence-electron chi connectivity index (χ3n) is 3.79. The van der Waals surface area contributed by atoms with Gasteiger partial charge in [0.25, 0.3) is 5.78 Å². The number of morpholine rings is 1. The minimum absolute atomic E-state index is 0.129. The lowest BCUT2D eigenvalue weighted by molar-refractivity contribution is -0.115. The van der Waals surface area contributed by atoms with Crippen LogP contribution in [0.25, 0.3) is 0 Å². The molecule has 2 heterocycles. The van der Waals surface area contributed by atoms with E-state index in [9.17, 15) is 9.59 Å². The summed E-state index contributed by atoms with van der Waals surface area (Å²) >= 11 is 3.35. The van der Waals surface area contributed by atoms with Crippen molar-refractivity contribution in [3.8, 4) is 0 Å². The van der Waals surface area contributed by atoms with E-state index in [1.807, 2.05) is 26.0 Å². The number of benzene rings is 1. The molecule has 0 aromatic heterocycles. The van der Waals surface area contributed by atoms with Gasteiger partial charge in [-0.25, -0.2) is 0 Å². The van der Waals surface area contributed by atoms with Crippen molar-refractivity contribution in [3.63, 3.8) is 0 Å². The molecular formula is C15H17BrN2O3. The molecule has 3 rings (SSSR count). The van der Waals surface area contributed by atoms with Gasteiger partial charge in [-0.3, -0.25) is 19.4 Å². The molecule has 0 aliphatic carbocycles. The molecule has 2 aliphatic heterocycles. The molecule has 2 aliphatic rings. The molecular weight excluding hydrogens is 336 g/mol. The highest BCUT2D eigenvalue weighted by molar-refractivity contribution is 9.10. The predicted octanol–water partition coefficient (Wildman–Crippen LogP) is 2.05. The zero-order valence-electron chi connectivity index (χ0n) is 12.0. The normalized spacial score (nSPS) is 26.3. The van der Waals surface area contributed by atoms with Crippen LogP contribution in [0.15, 0.2) is 22.7 Å². The minimum atomic E-state index is -0.455. The van der Waals surface area contributed by atoms with Gasteiger partial charge >= 0.3 is 5.91 Å². The topological polar surface area (TPSA) is 49.9 Å². The number of amides is 1. The van der Waals surface area contributed by atoms with Crippen LogP contribution in [0.3, 0.4) is 0 Å². The number of nitrogens with zero attached hydrogens (tertiary/aromatic N) is 2. The Morgan fingerprint density at radius 1 is 1.24 bits per heavy atom. The standard InChI is InChI=1S/C15H17BrN2O3/c1-9-6-17(7-10(2)21-9)8-18-12-5-3-4-11(16)13(12)14(19)15(18)20/h3-5,9-10H,6-8H2,1-2H3/t9-,10+. The van der Waals surface area contributed by atoms with E-state index in [0.29, 0.717) is 22.4 Å². The fourth-order valence-electron chi connectivity index (χ4n) is 3.04. The Kier molecular flexibility index (Phi) is 3.86. The molecule has 0 saturated carbocycles. The molecule has 0 bridgehead atoms. The molecule has 0 spiro atoms. The van der Waals surface area contributed by atoms with Crippen LogP contribution in [0.4, 0.5) is 5.69 Å². The fourth-order valence-corrected chi connectivity index (χ4v) is 3.58. The van der Waals surface area contributed by atoms with Crippen LogP contribution in [-0.4, -0.2) is 48.6 Å². The smallest absolute Gasteiger partial charge is 0.300 e. The maximum absolute atomic E-state index is 12.2. The highest BCUT2D eigenvalue weighted by Gasteiger charge is 2.38. The van der Waals surface area contributed by atoms with Gasteiger partial charge in [-0.15, -0.1) is 0 Å². The number of anilines is 1. The largest absolute Gasteiger partial charge is 0.373 e. The molecule has 1 aromatic carbocycles. The first-order chi connectivity index (χ1) is 9.97. The van der Waals surface area contributed by atoms with E-state index in [4.69, 9.17) is 4.74 Å². The molecule has 1 saturated heterocycles. The summed E-state index contributed by atoms with van der Waals surface area (Å²) in [7, 11) is 0. The van der Waals surface area contributed by atoms with Crippen molar-refractivity contribution in [3.05, 3.63) is 28.2 Å². The molecule has 5 nitrogen and oxygen atoms in total. The van der Waals surface area contributed by atoms with E-state index in [0.717, 1.165) is 13.1 Å². The van der Waals surface area contributed by atoms with E-state index in [2.05, 4.69) is 20.8 Å². The molecule has 6 heteroatoms. The molecule has 1 aromatic rings. The first-order valence-electron chi connectivity index (χ1n) is 7.00. The predicted molar refractivity (Wildman–Crippen MR) is 82.4 cm³/mol. The Morgan fingerprint density at radius 3 is 2.57 bits per heavy atom. The van der Waals surface area contributed by atoms with Gasteiger partial charge in [-0.05, 0) is 41.9 Å². The van der Waals surface area contributed by atoms with Crippen LogP contribution in [0.1, 0.15) is 24.2 Å².